The van der Waals surface area contributed by atoms with Gasteiger partial charge in [-0.3, -0.25) is 9.69 Å². The fourth-order valence-corrected chi connectivity index (χ4v) is 3.08. The van der Waals surface area contributed by atoms with E-state index in [2.05, 4.69) is 11.9 Å². The Balaban J connectivity index is 2.10. The molecular formula is C11H12N2O3. The molecule has 3 aliphatic rings. The van der Waals surface area contributed by atoms with E-state index < -0.39 is 5.97 Å². The normalized spacial score (nSPS) is 35.9. The van der Waals surface area contributed by atoms with Crippen LogP contribution in [0.5, 0.6) is 0 Å². The summed E-state index contributed by atoms with van der Waals surface area (Å²) < 4.78 is 0. The zero-order chi connectivity index (χ0) is 11.4. The number of carboxylic acids is 1. The molecule has 0 radical (unpaired) electrons. The van der Waals surface area contributed by atoms with Gasteiger partial charge in [-0.25, -0.2) is 4.79 Å². The number of allylic oxidation sites excluding steroid dienone is 1. The highest BCUT2D eigenvalue weighted by Crippen LogP contribution is 2.46. The van der Waals surface area contributed by atoms with E-state index in [4.69, 9.17) is 5.11 Å². The molecule has 3 heterocycles. The lowest BCUT2D eigenvalue weighted by Gasteiger charge is -2.48. The van der Waals surface area contributed by atoms with E-state index in [1.807, 2.05) is 0 Å². The molecule has 16 heavy (non-hydrogen) atoms. The summed E-state index contributed by atoms with van der Waals surface area (Å²) in [5.41, 5.74) is 0.852. The number of hydrogen-bond acceptors (Lipinski definition) is 3. The highest BCUT2D eigenvalue weighted by atomic mass is 16.4. The Morgan fingerprint density at radius 1 is 1.62 bits per heavy atom. The first-order valence-corrected chi connectivity index (χ1v) is 5.33. The van der Waals surface area contributed by atoms with Gasteiger partial charge in [0.25, 0.3) is 0 Å². The second-order valence-corrected chi connectivity index (χ2v) is 4.34. The van der Waals surface area contributed by atoms with E-state index in [9.17, 15) is 9.59 Å². The molecule has 2 saturated heterocycles. The topological polar surface area (TPSA) is 69.6 Å². The van der Waals surface area contributed by atoms with Crippen LogP contribution in [-0.2, 0) is 9.59 Å². The van der Waals surface area contributed by atoms with Crippen LogP contribution in [-0.4, -0.2) is 40.5 Å². The number of piperidine rings is 1. The van der Waals surface area contributed by atoms with Crippen LogP contribution in [0.25, 0.3) is 0 Å². The molecule has 3 aliphatic heterocycles. The van der Waals surface area contributed by atoms with E-state index in [1.54, 1.807) is 6.08 Å². The summed E-state index contributed by atoms with van der Waals surface area (Å²) in [5, 5.41) is 12.3. The Kier molecular flexibility index (Phi) is 1.77. The number of carbonyl (C=O) groups excluding carboxylic acids is 1. The van der Waals surface area contributed by atoms with Gasteiger partial charge in [0.1, 0.15) is 11.7 Å². The second-order valence-electron chi connectivity index (χ2n) is 4.34. The average molecular weight is 220 g/mol. The first-order valence-electron chi connectivity index (χ1n) is 5.33. The van der Waals surface area contributed by atoms with Crippen molar-refractivity contribution in [3.63, 3.8) is 0 Å². The summed E-state index contributed by atoms with van der Waals surface area (Å²) in [5.74, 6) is -1.01. The van der Waals surface area contributed by atoms with Crippen LogP contribution in [0.4, 0.5) is 0 Å². The number of hydrogen-bond donors (Lipinski definition) is 2. The molecule has 5 heteroatoms. The molecule has 0 spiro atoms. The lowest BCUT2D eigenvalue weighted by atomic mass is 9.79. The van der Waals surface area contributed by atoms with Crippen LogP contribution in [0.1, 0.15) is 6.42 Å². The number of carbonyl (C=O) groups is 2. The van der Waals surface area contributed by atoms with Crippen molar-refractivity contribution in [2.24, 2.45) is 5.92 Å². The van der Waals surface area contributed by atoms with Crippen LogP contribution < -0.4 is 5.32 Å². The minimum absolute atomic E-state index is 0.000324. The lowest BCUT2D eigenvalue weighted by molar-refractivity contribution is -0.154. The molecule has 5 nitrogen and oxygen atoms in total. The van der Waals surface area contributed by atoms with Gasteiger partial charge in [-0.2, -0.15) is 0 Å². The number of aliphatic carboxylic acids is 1. The number of rotatable bonds is 2. The molecule has 0 aromatic carbocycles. The molecule has 0 aliphatic carbocycles. The Morgan fingerprint density at radius 3 is 3.00 bits per heavy atom. The fraction of sp³-hybridized carbons (Fsp3) is 0.455. The van der Waals surface area contributed by atoms with Crippen LogP contribution in [0.15, 0.2) is 23.9 Å². The largest absolute Gasteiger partial charge is 0.477 e. The molecule has 84 valence electrons. The molecule has 2 fully saturated rings. The summed E-state index contributed by atoms with van der Waals surface area (Å²) in [6.07, 6.45) is 2.45. The van der Waals surface area contributed by atoms with Crippen molar-refractivity contribution in [1.29, 1.82) is 0 Å². The number of carboxylic acid groups (broad SMARTS) is 1. The van der Waals surface area contributed by atoms with Gasteiger partial charge in [-0.05, 0) is 18.5 Å². The highest BCUT2D eigenvalue weighted by molar-refractivity contribution is 6.02. The van der Waals surface area contributed by atoms with Gasteiger partial charge in [0.05, 0.1) is 6.04 Å². The Morgan fingerprint density at radius 2 is 2.38 bits per heavy atom. The second kappa shape index (κ2) is 2.95. The number of nitrogens with zero attached hydrogens (tertiary/aromatic N) is 1. The highest BCUT2D eigenvalue weighted by Gasteiger charge is 2.60. The summed E-state index contributed by atoms with van der Waals surface area (Å²) in [7, 11) is 0. The third-order valence-electron chi connectivity index (χ3n) is 3.71. The van der Waals surface area contributed by atoms with Crippen molar-refractivity contribution < 1.29 is 14.7 Å². The summed E-state index contributed by atoms with van der Waals surface area (Å²) >= 11 is 0. The van der Waals surface area contributed by atoms with Crippen molar-refractivity contribution in [2.75, 3.05) is 6.54 Å². The third kappa shape index (κ3) is 0.893. The van der Waals surface area contributed by atoms with E-state index in [0.717, 1.165) is 18.5 Å². The maximum atomic E-state index is 11.8. The van der Waals surface area contributed by atoms with Crippen LogP contribution in [0, 0.1) is 5.92 Å². The molecule has 0 bridgehead atoms. The minimum atomic E-state index is -1.03. The van der Waals surface area contributed by atoms with E-state index in [-0.39, 0.29) is 29.6 Å². The summed E-state index contributed by atoms with van der Waals surface area (Å²) in [6.45, 7) is 4.42. The summed E-state index contributed by atoms with van der Waals surface area (Å²) in [4.78, 5) is 24.4. The molecule has 2 N–H and O–H groups in total. The molecule has 0 aromatic heterocycles. The zero-order valence-electron chi connectivity index (χ0n) is 8.64. The van der Waals surface area contributed by atoms with Gasteiger partial charge in [-0.1, -0.05) is 12.7 Å². The first kappa shape index (κ1) is 9.59. The van der Waals surface area contributed by atoms with Crippen molar-refractivity contribution in [1.82, 2.24) is 10.2 Å². The smallest absolute Gasteiger partial charge is 0.352 e. The SMILES string of the molecule is C=CC1=C(C(=O)O)N2C(=O)[C@H]3NCCC1[C@H]32. The fourth-order valence-electron chi connectivity index (χ4n) is 3.08. The molecule has 0 saturated carbocycles. The monoisotopic (exact) mass is 220 g/mol. The maximum Gasteiger partial charge on any atom is 0.352 e. The van der Waals surface area contributed by atoms with E-state index >= 15 is 0 Å². The van der Waals surface area contributed by atoms with Crippen LogP contribution >= 0.6 is 0 Å². The van der Waals surface area contributed by atoms with Crippen molar-refractivity contribution in [3.05, 3.63) is 23.9 Å². The minimum Gasteiger partial charge on any atom is -0.477 e. The third-order valence-corrected chi connectivity index (χ3v) is 3.71. The van der Waals surface area contributed by atoms with Crippen molar-refractivity contribution in [2.45, 2.75) is 18.5 Å². The number of amides is 1. The van der Waals surface area contributed by atoms with Gasteiger partial charge >= 0.3 is 5.97 Å². The Labute approximate surface area is 92.4 Å². The first-order chi connectivity index (χ1) is 7.66. The van der Waals surface area contributed by atoms with E-state index in [1.165, 1.54) is 4.90 Å². The van der Waals surface area contributed by atoms with Gasteiger partial charge in [0, 0.05) is 5.92 Å². The molecule has 0 aromatic rings. The van der Waals surface area contributed by atoms with Gasteiger partial charge in [0.2, 0.25) is 5.91 Å². The van der Waals surface area contributed by atoms with Crippen molar-refractivity contribution in [3.8, 4) is 0 Å². The molecule has 1 unspecified atom stereocenters. The molecule has 1 amide bonds. The number of nitrogens with one attached hydrogen (secondary N) is 1. The number of β-lactam (4-membered cyclic amide) rings is 1. The summed E-state index contributed by atoms with van der Waals surface area (Å²) in [6, 6.07) is -0.189. The van der Waals surface area contributed by atoms with Crippen LogP contribution in [0.2, 0.25) is 0 Å². The predicted molar refractivity (Wildman–Crippen MR) is 55.4 cm³/mol. The Hall–Kier alpha value is -1.62. The predicted octanol–water partition coefficient (Wildman–Crippen LogP) is -0.286. The molecular weight excluding hydrogens is 208 g/mol. The standard InChI is InChI=1S/C11H12N2O3/c1-2-5-6-3-4-12-7-8(6)13(10(7)14)9(5)11(15)16/h2,6-8,12H,1,3-4H2,(H,15,16)/t6?,7-,8+/m0/s1. The quantitative estimate of drug-likeness (QED) is 0.628. The van der Waals surface area contributed by atoms with Gasteiger partial charge < -0.3 is 10.4 Å². The van der Waals surface area contributed by atoms with Gasteiger partial charge in [-0.15, -0.1) is 0 Å². The average Bonchev–Trinajstić information content (AvgIpc) is 2.61. The van der Waals surface area contributed by atoms with Gasteiger partial charge in [0.15, 0.2) is 0 Å². The Bertz CT molecular complexity index is 441. The van der Waals surface area contributed by atoms with Crippen LogP contribution in [0.3, 0.4) is 0 Å². The lowest BCUT2D eigenvalue weighted by Crippen LogP contribution is -2.71. The van der Waals surface area contributed by atoms with Crippen molar-refractivity contribution >= 4 is 11.9 Å². The molecule has 3 atom stereocenters. The zero-order valence-corrected chi connectivity index (χ0v) is 8.64. The maximum absolute atomic E-state index is 11.8. The molecule has 3 rings (SSSR count). The van der Waals surface area contributed by atoms with E-state index in [0.29, 0.717) is 0 Å².